The van der Waals surface area contributed by atoms with Crippen LogP contribution in [-0.2, 0) is 11.3 Å². The van der Waals surface area contributed by atoms with Gasteiger partial charge >= 0.3 is 0 Å². The molecule has 0 aliphatic heterocycles. The van der Waals surface area contributed by atoms with E-state index in [1.165, 1.54) is 0 Å². The number of benzene rings is 2. The number of aromatic amines is 1. The lowest BCUT2D eigenvalue weighted by Crippen LogP contribution is -2.35. The maximum Gasteiger partial charge on any atom is 0.222 e. The van der Waals surface area contributed by atoms with Crippen LogP contribution >= 0.6 is 0 Å². The molecule has 0 aliphatic rings. The van der Waals surface area contributed by atoms with Gasteiger partial charge in [0.05, 0.1) is 0 Å². The average Bonchev–Trinajstić information content (AvgIpc) is 3.32. The number of tetrazole rings is 1. The summed E-state index contributed by atoms with van der Waals surface area (Å²) in [6.07, 6.45) is 2.60. The number of rotatable bonds is 10. The Morgan fingerprint density at radius 3 is 2.35 bits per heavy atom. The monoisotopic (exact) mass is 419 g/mol. The normalized spacial score (nSPS) is 12.2. The zero-order valence-electron chi connectivity index (χ0n) is 19.0. The Morgan fingerprint density at radius 1 is 1.03 bits per heavy atom. The summed E-state index contributed by atoms with van der Waals surface area (Å²) in [6, 6.07) is 16.5. The summed E-state index contributed by atoms with van der Waals surface area (Å²) in [5.41, 5.74) is 4.22. The van der Waals surface area contributed by atoms with Gasteiger partial charge in [-0.1, -0.05) is 82.6 Å². The second kappa shape index (κ2) is 10.8. The van der Waals surface area contributed by atoms with Crippen molar-refractivity contribution >= 4 is 5.91 Å². The summed E-state index contributed by atoms with van der Waals surface area (Å²) in [5.74, 6) is 1.84. The molecule has 6 heteroatoms. The molecule has 1 aromatic heterocycles. The van der Waals surface area contributed by atoms with Crippen LogP contribution in [-0.4, -0.2) is 38.0 Å². The molecule has 2 aromatic carbocycles. The first-order valence-corrected chi connectivity index (χ1v) is 11.2. The van der Waals surface area contributed by atoms with E-state index in [4.69, 9.17) is 0 Å². The van der Waals surface area contributed by atoms with Crippen LogP contribution in [0.4, 0.5) is 0 Å². The van der Waals surface area contributed by atoms with Crippen molar-refractivity contribution in [3.63, 3.8) is 0 Å². The van der Waals surface area contributed by atoms with Gasteiger partial charge in [0.1, 0.15) is 0 Å². The fourth-order valence-corrected chi connectivity index (χ4v) is 3.51. The molecular weight excluding hydrogens is 386 g/mol. The predicted molar refractivity (Wildman–Crippen MR) is 124 cm³/mol. The van der Waals surface area contributed by atoms with Gasteiger partial charge in [0.2, 0.25) is 11.7 Å². The van der Waals surface area contributed by atoms with Gasteiger partial charge in [0, 0.05) is 25.1 Å². The molecular formula is C25H33N5O. The molecule has 0 spiro atoms. The first-order chi connectivity index (χ1) is 15.0. The molecule has 0 saturated heterocycles. The Labute approximate surface area is 185 Å². The lowest BCUT2D eigenvalue weighted by molar-refractivity contribution is -0.132. The van der Waals surface area contributed by atoms with E-state index in [1.807, 2.05) is 23.1 Å². The summed E-state index contributed by atoms with van der Waals surface area (Å²) in [5, 5.41) is 14.4. The molecule has 31 heavy (non-hydrogen) atoms. The average molecular weight is 420 g/mol. The number of amides is 1. The van der Waals surface area contributed by atoms with Crippen LogP contribution < -0.4 is 0 Å². The summed E-state index contributed by atoms with van der Waals surface area (Å²) in [4.78, 5) is 14.9. The van der Waals surface area contributed by atoms with Crippen LogP contribution in [0, 0.1) is 11.8 Å². The molecule has 6 nitrogen and oxygen atoms in total. The zero-order chi connectivity index (χ0) is 22.2. The van der Waals surface area contributed by atoms with E-state index in [2.05, 4.69) is 78.7 Å². The third-order valence-corrected chi connectivity index (χ3v) is 5.90. The van der Waals surface area contributed by atoms with Crippen molar-refractivity contribution in [3.8, 4) is 22.5 Å². The number of hydrogen-bond donors (Lipinski definition) is 1. The lowest BCUT2D eigenvalue weighted by atomic mass is 9.96. The molecule has 3 rings (SSSR count). The van der Waals surface area contributed by atoms with Crippen molar-refractivity contribution in [3.05, 3.63) is 54.1 Å². The van der Waals surface area contributed by atoms with Crippen molar-refractivity contribution in [1.82, 2.24) is 25.5 Å². The third-order valence-electron chi connectivity index (χ3n) is 5.90. The van der Waals surface area contributed by atoms with Gasteiger partial charge < -0.3 is 4.90 Å². The van der Waals surface area contributed by atoms with Crippen LogP contribution in [0.1, 0.15) is 52.5 Å². The van der Waals surface area contributed by atoms with Gasteiger partial charge in [0.25, 0.3) is 0 Å². The van der Waals surface area contributed by atoms with Gasteiger partial charge in [-0.05, 0) is 40.2 Å². The number of unbranched alkanes of at least 4 members (excludes halogenated alkanes) is 1. The zero-order valence-corrected chi connectivity index (χ0v) is 19.0. The highest BCUT2D eigenvalue weighted by molar-refractivity contribution is 5.80. The summed E-state index contributed by atoms with van der Waals surface area (Å²) in [7, 11) is 0. The second-order valence-electron chi connectivity index (χ2n) is 8.58. The Hall–Kier alpha value is -3.02. The maximum absolute atomic E-state index is 12.8. The number of nitrogens with one attached hydrogen (secondary N) is 1. The van der Waals surface area contributed by atoms with Gasteiger partial charge in [-0.25, -0.2) is 0 Å². The van der Waals surface area contributed by atoms with Crippen molar-refractivity contribution in [1.29, 1.82) is 0 Å². The van der Waals surface area contributed by atoms with Gasteiger partial charge in [-0.2, -0.15) is 5.21 Å². The molecule has 1 amide bonds. The highest BCUT2D eigenvalue weighted by atomic mass is 16.2. The minimum absolute atomic E-state index is 0.251. The van der Waals surface area contributed by atoms with Gasteiger partial charge in [0.15, 0.2) is 0 Å². The molecule has 1 unspecified atom stereocenters. The predicted octanol–water partition coefficient (Wildman–Crippen LogP) is 5.34. The van der Waals surface area contributed by atoms with E-state index in [9.17, 15) is 4.79 Å². The van der Waals surface area contributed by atoms with E-state index < -0.39 is 0 Å². The summed E-state index contributed by atoms with van der Waals surface area (Å²) >= 11 is 0. The fraction of sp³-hybridized carbons (Fsp3) is 0.440. The Kier molecular flexibility index (Phi) is 7.93. The van der Waals surface area contributed by atoms with E-state index in [0.717, 1.165) is 41.6 Å². The number of carbonyl (C=O) groups is 1. The number of nitrogens with zero attached hydrogens (tertiary/aromatic N) is 4. The number of aromatic nitrogens is 4. The molecule has 1 atom stereocenters. The highest BCUT2D eigenvalue weighted by Gasteiger charge is 2.19. The minimum atomic E-state index is 0.251. The van der Waals surface area contributed by atoms with Crippen LogP contribution in [0.25, 0.3) is 22.5 Å². The van der Waals surface area contributed by atoms with E-state index >= 15 is 0 Å². The first kappa shape index (κ1) is 22.7. The molecule has 164 valence electrons. The molecule has 0 fully saturated rings. The number of carbonyl (C=O) groups excluding carboxylic acids is 1. The van der Waals surface area contributed by atoms with Gasteiger partial charge in [-0.15, -0.1) is 10.2 Å². The van der Waals surface area contributed by atoms with E-state index in [0.29, 0.717) is 30.6 Å². The Bertz CT molecular complexity index is 950. The molecule has 0 radical (unpaired) electrons. The van der Waals surface area contributed by atoms with Crippen LogP contribution in [0.2, 0.25) is 0 Å². The largest absolute Gasteiger partial charge is 0.338 e. The molecule has 0 aliphatic carbocycles. The van der Waals surface area contributed by atoms with Crippen molar-refractivity contribution in [2.75, 3.05) is 6.54 Å². The second-order valence-corrected chi connectivity index (χ2v) is 8.58. The third kappa shape index (κ3) is 6.00. The van der Waals surface area contributed by atoms with Crippen molar-refractivity contribution in [2.24, 2.45) is 11.8 Å². The molecule has 3 aromatic rings. The quantitative estimate of drug-likeness (QED) is 0.481. The number of hydrogen-bond acceptors (Lipinski definition) is 4. The molecule has 0 bridgehead atoms. The standard InChI is InChI=1S/C25H33N5O/c1-5-6-11-24(31)30(16-19(4)18(2)3)17-20-12-14-21(15-13-20)22-9-7-8-10-23(22)25-26-28-29-27-25/h7-10,12-15,18-19H,5-6,11,16-17H2,1-4H3,(H,26,27,28,29). The smallest absolute Gasteiger partial charge is 0.222 e. The van der Waals surface area contributed by atoms with Crippen LogP contribution in [0.15, 0.2) is 48.5 Å². The topological polar surface area (TPSA) is 74.8 Å². The van der Waals surface area contributed by atoms with E-state index in [-0.39, 0.29) is 5.91 Å². The van der Waals surface area contributed by atoms with Gasteiger partial charge in [-0.3, -0.25) is 4.79 Å². The maximum atomic E-state index is 12.8. The highest BCUT2D eigenvalue weighted by Crippen LogP contribution is 2.30. The van der Waals surface area contributed by atoms with Crippen LogP contribution in [0.5, 0.6) is 0 Å². The fourth-order valence-electron chi connectivity index (χ4n) is 3.51. The first-order valence-electron chi connectivity index (χ1n) is 11.2. The minimum Gasteiger partial charge on any atom is -0.338 e. The number of H-pyrrole nitrogens is 1. The lowest BCUT2D eigenvalue weighted by Gasteiger charge is -2.28. The summed E-state index contributed by atoms with van der Waals surface area (Å²) in [6.45, 7) is 10.2. The molecule has 1 heterocycles. The van der Waals surface area contributed by atoms with Crippen molar-refractivity contribution < 1.29 is 4.79 Å². The van der Waals surface area contributed by atoms with E-state index in [1.54, 1.807) is 0 Å². The molecule has 1 N–H and O–H groups in total. The summed E-state index contributed by atoms with van der Waals surface area (Å²) < 4.78 is 0. The Morgan fingerprint density at radius 2 is 1.74 bits per heavy atom. The Balaban J connectivity index is 1.79. The molecule has 0 saturated carbocycles. The SMILES string of the molecule is CCCCC(=O)N(Cc1ccc(-c2ccccc2-c2nn[nH]n2)cc1)CC(C)C(C)C. The van der Waals surface area contributed by atoms with Crippen LogP contribution in [0.3, 0.4) is 0 Å². The van der Waals surface area contributed by atoms with Crippen molar-refractivity contribution in [2.45, 2.75) is 53.5 Å².